The van der Waals surface area contributed by atoms with E-state index in [4.69, 9.17) is 5.11 Å². The topological polar surface area (TPSA) is 98.2 Å². The summed E-state index contributed by atoms with van der Waals surface area (Å²) < 4.78 is 0. The zero-order chi connectivity index (χ0) is 16.4. The van der Waals surface area contributed by atoms with Gasteiger partial charge >= 0.3 is 17.8 Å². The second-order valence-corrected chi connectivity index (χ2v) is 5.83. The van der Waals surface area contributed by atoms with Crippen LogP contribution in [0.3, 0.4) is 0 Å². The lowest BCUT2D eigenvalue weighted by molar-refractivity contribution is -0.157. The molecule has 0 saturated carbocycles. The molecule has 0 radical (unpaired) electrons. The first kappa shape index (κ1) is 16.3. The summed E-state index contributed by atoms with van der Waals surface area (Å²) >= 11 is 0. The number of rotatable bonds is 4. The third-order valence-electron chi connectivity index (χ3n) is 4.39. The Kier molecular flexibility index (Phi) is 4.68. The van der Waals surface area contributed by atoms with E-state index >= 15 is 0 Å². The van der Waals surface area contributed by atoms with Gasteiger partial charge in [-0.05, 0) is 12.8 Å². The van der Waals surface area contributed by atoms with Gasteiger partial charge in [-0.1, -0.05) is 6.92 Å². The maximum Gasteiger partial charge on any atom is 0.312 e. The highest BCUT2D eigenvalue weighted by molar-refractivity contribution is 6.35. The molecule has 0 unspecified atom stereocenters. The number of amides is 3. The van der Waals surface area contributed by atoms with Gasteiger partial charge in [-0.25, -0.2) is 0 Å². The predicted molar refractivity (Wildman–Crippen MR) is 75.7 cm³/mol. The Morgan fingerprint density at radius 1 is 1.14 bits per heavy atom. The molecule has 2 saturated heterocycles. The fourth-order valence-corrected chi connectivity index (χ4v) is 2.92. The van der Waals surface area contributed by atoms with E-state index in [1.165, 1.54) is 14.7 Å². The van der Waals surface area contributed by atoms with Crippen molar-refractivity contribution in [2.75, 3.05) is 39.3 Å². The molecule has 22 heavy (non-hydrogen) atoms. The number of hydrogen-bond acceptors (Lipinski definition) is 4. The van der Waals surface area contributed by atoms with Crippen molar-refractivity contribution in [2.45, 2.75) is 13.8 Å². The first-order valence-corrected chi connectivity index (χ1v) is 7.43. The Labute approximate surface area is 128 Å². The van der Waals surface area contributed by atoms with Crippen molar-refractivity contribution in [3.63, 3.8) is 0 Å². The van der Waals surface area contributed by atoms with Crippen LogP contribution in [0.1, 0.15) is 13.8 Å². The van der Waals surface area contributed by atoms with Crippen molar-refractivity contribution in [3.8, 4) is 0 Å². The highest BCUT2D eigenvalue weighted by atomic mass is 16.4. The molecular weight excluding hydrogens is 290 g/mol. The van der Waals surface area contributed by atoms with Crippen LogP contribution in [0.4, 0.5) is 0 Å². The van der Waals surface area contributed by atoms with E-state index in [9.17, 15) is 19.2 Å². The Hall–Kier alpha value is -2.12. The van der Waals surface area contributed by atoms with Crippen LogP contribution in [0, 0.1) is 11.8 Å². The zero-order valence-electron chi connectivity index (χ0n) is 12.8. The van der Waals surface area contributed by atoms with E-state index in [0.717, 1.165) is 0 Å². The number of likely N-dealkylation sites (tertiary alicyclic amines) is 1. The number of piperazine rings is 1. The lowest BCUT2D eigenvalue weighted by atomic mass is 9.99. The van der Waals surface area contributed by atoms with E-state index in [1.54, 1.807) is 13.8 Å². The number of aliphatic carboxylic acids is 1. The minimum Gasteiger partial charge on any atom is -0.481 e. The molecule has 2 rings (SSSR count). The Morgan fingerprint density at radius 3 is 2.27 bits per heavy atom. The minimum absolute atomic E-state index is 0.115. The molecule has 2 fully saturated rings. The van der Waals surface area contributed by atoms with Crippen molar-refractivity contribution >= 4 is 23.7 Å². The van der Waals surface area contributed by atoms with Gasteiger partial charge in [0.25, 0.3) is 0 Å². The third kappa shape index (κ3) is 3.05. The molecule has 8 nitrogen and oxygen atoms in total. The van der Waals surface area contributed by atoms with Gasteiger partial charge in [0.1, 0.15) is 6.54 Å². The minimum atomic E-state index is -0.911. The summed E-state index contributed by atoms with van der Waals surface area (Å²) in [4.78, 5) is 51.2. The average molecular weight is 311 g/mol. The molecule has 0 spiro atoms. The van der Waals surface area contributed by atoms with E-state index in [-0.39, 0.29) is 24.9 Å². The Bertz CT molecular complexity index is 507. The third-order valence-corrected chi connectivity index (χ3v) is 4.39. The van der Waals surface area contributed by atoms with E-state index in [1.807, 2.05) is 0 Å². The van der Waals surface area contributed by atoms with Crippen molar-refractivity contribution in [1.82, 2.24) is 14.7 Å². The monoisotopic (exact) mass is 311 g/mol. The fourth-order valence-electron chi connectivity index (χ4n) is 2.92. The molecule has 0 aromatic carbocycles. The van der Waals surface area contributed by atoms with Gasteiger partial charge in [-0.3, -0.25) is 19.2 Å². The van der Waals surface area contributed by atoms with Crippen LogP contribution in [0.25, 0.3) is 0 Å². The molecular formula is C14H21N3O5. The molecule has 8 heteroatoms. The van der Waals surface area contributed by atoms with Crippen molar-refractivity contribution < 1.29 is 24.3 Å². The molecule has 0 aromatic heterocycles. The summed E-state index contributed by atoms with van der Waals surface area (Å²) in [7, 11) is 0. The normalized spacial score (nSPS) is 25.8. The number of nitrogens with zero attached hydrogens (tertiary/aromatic N) is 3. The van der Waals surface area contributed by atoms with E-state index in [2.05, 4.69) is 0 Å². The first-order valence-electron chi connectivity index (χ1n) is 7.43. The second kappa shape index (κ2) is 6.33. The molecule has 2 heterocycles. The quantitative estimate of drug-likeness (QED) is 0.662. The number of likely N-dealkylation sites (N-methyl/N-ethyl adjacent to an activating group) is 1. The van der Waals surface area contributed by atoms with Gasteiger partial charge in [0.15, 0.2) is 0 Å². The van der Waals surface area contributed by atoms with Crippen LogP contribution in [0.2, 0.25) is 0 Å². The summed E-state index contributed by atoms with van der Waals surface area (Å²) in [6, 6.07) is 0. The number of carboxylic acid groups (broad SMARTS) is 1. The molecule has 0 aromatic rings. The van der Waals surface area contributed by atoms with Crippen LogP contribution < -0.4 is 0 Å². The number of hydrogen-bond donors (Lipinski definition) is 1. The lowest BCUT2D eigenvalue weighted by Gasteiger charge is -2.33. The SMILES string of the molecule is CCN1CCN(CC(=O)N2C[C@@H](C)[C@H](C(=O)O)C2)C(=O)C1=O. The van der Waals surface area contributed by atoms with Crippen LogP contribution in [0.5, 0.6) is 0 Å². The molecule has 2 atom stereocenters. The Balaban J connectivity index is 1.94. The van der Waals surface area contributed by atoms with Crippen LogP contribution >= 0.6 is 0 Å². The smallest absolute Gasteiger partial charge is 0.312 e. The van der Waals surface area contributed by atoms with E-state index < -0.39 is 23.7 Å². The molecule has 0 aliphatic carbocycles. The van der Waals surface area contributed by atoms with E-state index in [0.29, 0.717) is 26.2 Å². The number of carbonyl (C=O) groups excluding carboxylic acids is 3. The van der Waals surface area contributed by atoms with Gasteiger partial charge in [0.05, 0.1) is 5.92 Å². The first-order chi connectivity index (χ1) is 10.3. The number of carboxylic acids is 1. The van der Waals surface area contributed by atoms with Crippen molar-refractivity contribution in [3.05, 3.63) is 0 Å². The Morgan fingerprint density at radius 2 is 1.73 bits per heavy atom. The van der Waals surface area contributed by atoms with Gasteiger partial charge < -0.3 is 19.8 Å². The highest BCUT2D eigenvalue weighted by Gasteiger charge is 2.39. The maximum atomic E-state index is 12.2. The molecule has 1 N–H and O–H groups in total. The van der Waals surface area contributed by atoms with Gasteiger partial charge in [-0.2, -0.15) is 0 Å². The van der Waals surface area contributed by atoms with Crippen LogP contribution in [-0.2, 0) is 19.2 Å². The molecule has 2 aliphatic heterocycles. The maximum absolute atomic E-state index is 12.2. The summed E-state index contributed by atoms with van der Waals surface area (Å²) in [5.74, 6) is -3.15. The standard InChI is InChI=1S/C14H21N3O5/c1-3-15-4-5-16(13(20)12(15)19)8-11(18)17-6-9(2)10(7-17)14(21)22/h9-10H,3-8H2,1-2H3,(H,21,22)/t9-,10-/m1/s1. The summed E-state index contributed by atoms with van der Waals surface area (Å²) in [5, 5.41) is 9.09. The fraction of sp³-hybridized carbons (Fsp3) is 0.714. The molecule has 122 valence electrons. The lowest BCUT2D eigenvalue weighted by Crippen LogP contribution is -2.56. The molecule has 2 aliphatic rings. The number of carbonyl (C=O) groups is 4. The van der Waals surface area contributed by atoms with Crippen LogP contribution in [0.15, 0.2) is 0 Å². The van der Waals surface area contributed by atoms with Gasteiger partial charge in [-0.15, -0.1) is 0 Å². The molecule has 0 bridgehead atoms. The van der Waals surface area contributed by atoms with Crippen molar-refractivity contribution in [1.29, 1.82) is 0 Å². The largest absolute Gasteiger partial charge is 0.481 e. The van der Waals surface area contributed by atoms with Crippen LogP contribution in [-0.4, -0.2) is 82.8 Å². The summed E-state index contributed by atoms with van der Waals surface area (Å²) in [6.07, 6.45) is 0. The predicted octanol–water partition coefficient (Wildman–Crippen LogP) is -1.14. The zero-order valence-corrected chi connectivity index (χ0v) is 12.8. The van der Waals surface area contributed by atoms with Crippen molar-refractivity contribution in [2.24, 2.45) is 11.8 Å². The summed E-state index contributed by atoms with van der Waals surface area (Å²) in [6.45, 7) is 5.17. The second-order valence-electron chi connectivity index (χ2n) is 5.83. The highest BCUT2D eigenvalue weighted by Crippen LogP contribution is 2.23. The van der Waals surface area contributed by atoms with Gasteiger partial charge in [0, 0.05) is 32.7 Å². The average Bonchev–Trinajstić information content (AvgIpc) is 2.86. The molecule has 3 amide bonds. The van der Waals surface area contributed by atoms with Gasteiger partial charge in [0.2, 0.25) is 5.91 Å². The summed E-state index contributed by atoms with van der Waals surface area (Å²) in [5.41, 5.74) is 0.